The molecular formula is C15H13ClN4S. The van der Waals surface area contributed by atoms with Gasteiger partial charge >= 0.3 is 0 Å². The summed E-state index contributed by atoms with van der Waals surface area (Å²) in [6.07, 6.45) is 3.05. The lowest BCUT2D eigenvalue weighted by molar-refractivity contribution is 1.08. The number of aromatic nitrogens is 3. The number of rotatable bonds is 4. The molecule has 106 valence electrons. The molecule has 0 spiro atoms. The van der Waals surface area contributed by atoms with E-state index in [1.54, 1.807) is 17.5 Å². The standard InChI is InChI=1S/C15H13ClN4S/c1-10-20-14(8-21-10)12-4-2-3-11(5-12)6-18-15-13(16)7-17-9-19-15/h2-5,7-9H,6H2,1H3,(H,17,18,19). The van der Waals surface area contributed by atoms with Crippen LogP contribution in [0.15, 0.2) is 42.2 Å². The molecule has 0 atom stereocenters. The number of nitrogens with zero attached hydrogens (tertiary/aromatic N) is 3. The van der Waals surface area contributed by atoms with Gasteiger partial charge in [-0.3, -0.25) is 0 Å². The fourth-order valence-electron chi connectivity index (χ4n) is 1.97. The van der Waals surface area contributed by atoms with Gasteiger partial charge in [-0.25, -0.2) is 15.0 Å². The second-order valence-electron chi connectivity index (χ2n) is 4.52. The van der Waals surface area contributed by atoms with Crippen LogP contribution in [0.4, 0.5) is 5.82 Å². The lowest BCUT2D eigenvalue weighted by atomic mass is 10.1. The van der Waals surface area contributed by atoms with Crippen LogP contribution in [0.5, 0.6) is 0 Å². The van der Waals surface area contributed by atoms with Crippen LogP contribution in [-0.4, -0.2) is 15.0 Å². The Hall–Kier alpha value is -1.98. The molecular weight excluding hydrogens is 304 g/mol. The van der Waals surface area contributed by atoms with Gasteiger partial charge in [0.05, 0.1) is 16.9 Å². The Morgan fingerprint density at radius 2 is 2.24 bits per heavy atom. The molecule has 0 radical (unpaired) electrons. The number of halogens is 1. The largest absolute Gasteiger partial charge is 0.365 e. The number of aryl methyl sites for hydroxylation is 1. The van der Waals surface area contributed by atoms with E-state index in [4.69, 9.17) is 11.6 Å². The third kappa shape index (κ3) is 3.37. The van der Waals surface area contributed by atoms with Crippen molar-refractivity contribution >= 4 is 28.8 Å². The lowest BCUT2D eigenvalue weighted by Crippen LogP contribution is -2.02. The minimum absolute atomic E-state index is 0.517. The van der Waals surface area contributed by atoms with Crippen molar-refractivity contribution in [2.75, 3.05) is 5.32 Å². The van der Waals surface area contributed by atoms with E-state index in [1.165, 1.54) is 6.33 Å². The summed E-state index contributed by atoms with van der Waals surface area (Å²) in [6, 6.07) is 8.28. The SMILES string of the molecule is Cc1nc(-c2cccc(CNc3ncncc3Cl)c2)cs1. The molecule has 0 aliphatic carbocycles. The molecule has 21 heavy (non-hydrogen) atoms. The summed E-state index contributed by atoms with van der Waals surface area (Å²) in [5.74, 6) is 0.640. The summed E-state index contributed by atoms with van der Waals surface area (Å²) in [5.41, 5.74) is 3.28. The maximum absolute atomic E-state index is 6.02. The highest BCUT2D eigenvalue weighted by Crippen LogP contribution is 2.23. The van der Waals surface area contributed by atoms with Crippen LogP contribution < -0.4 is 5.32 Å². The van der Waals surface area contributed by atoms with Crippen LogP contribution in [0.2, 0.25) is 5.02 Å². The average molecular weight is 317 g/mol. The monoisotopic (exact) mass is 316 g/mol. The summed E-state index contributed by atoms with van der Waals surface area (Å²) in [4.78, 5) is 12.5. The number of anilines is 1. The molecule has 4 nitrogen and oxygen atoms in total. The quantitative estimate of drug-likeness (QED) is 0.784. The molecule has 0 saturated carbocycles. The van der Waals surface area contributed by atoms with Crippen LogP contribution in [0.1, 0.15) is 10.6 Å². The Kier molecular flexibility index (Phi) is 4.13. The molecule has 2 heterocycles. The number of nitrogens with one attached hydrogen (secondary N) is 1. The molecule has 2 aromatic heterocycles. The van der Waals surface area contributed by atoms with Gasteiger partial charge in [-0.15, -0.1) is 11.3 Å². The molecule has 0 fully saturated rings. The average Bonchev–Trinajstić information content (AvgIpc) is 2.93. The number of hydrogen-bond acceptors (Lipinski definition) is 5. The lowest BCUT2D eigenvalue weighted by Gasteiger charge is -2.07. The fraction of sp³-hybridized carbons (Fsp3) is 0.133. The van der Waals surface area contributed by atoms with Gasteiger partial charge in [0.25, 0.3) is 0 Å². The summed E-state index contributed by atoms with van der Waals surface area (Å²) in [5, 5.41) is 6.87. The minimum Gasteiger partial charge on any atom is -0.365 e. The molecule has 0 aliphatic rings. The normalized spacial score (nSPS) is 10.6. The second-order valence-corrected chi connectivity index (χ2v) is 5.99. The molecule has 6 heteroatoms. The first-order valence-electron chi connectivity index (χ1n) is 6.43. The summed E-state index contributed by atoms with van der Waals surface area (Å²) >= 11 is 7.68. The van der Waals surface area contributed by atoms with E-state index in [9.17, 15) is 0 Å². The molecule has 3 aromatic rings. The van der Waals surface area contributed by atoms with Crippen LogP contribution in [0.3, 0.4) is 0 Å². The Morgan fingerprint density at radius 3 is 3.00 bits per heavy atom. The van der Waals surface area contributed by atoms with Crippen molar-refractivity contribution in [3.63, 3.8) is 0 Å². The number of hydrogen-bond donors (Lipinski definition) is 1. The molecule has 0 saturated heterocycles. The third-order valence-electron chi connectivity index (χ3n) is 2.97. The number of thiazole rings is 1. The predicted octanol–water partition coefficient (Wildman–Crippen LogP) is 4.17. The van der Waals surface area contributed by atoms with Gasteiger partial charge in [-0.2, -0.15) is 0 Å². The molecule has 1 aromatic carbocycles. The van der Waals surface area contributed by atoms with Crippen molar-refractivity contribution in [2.45, 2.75) is 13.5 Å². The van der Waals surface area contributed by atoms with E-state index in [0.29, 0.717) is 17.4 Å². The molecule has 1 N–H and O–H groups in total. The van der Waals surface area contributed by atoms with Crippen LogP contribution >= 0.6 is 22.9 Å². The summed E-state index contributed by atoms with van der Waals surface area (Å²) < 4.78 is 0. The Balaban J connectivity index is 1.76. The Labute approximate surface area is 131 Å². The maximum Gasteiger partial charge on any atom is 0.148 e. The summed E-state index contributed by atoms with van der Waals surface area (Å²) in [7, 11) is 0. The van der Waals surface area contributed by atoms with E-state index < -0.39 is 0 Å². The maximum atomic E-state index is 6.02. The predicted molar refractivity (Wildman–Crippen MR) is 86.7 cm³/mol. The first-order chi connectivity index (χ1) is 10.2. The van der Waals surface area contributed by atoms with Gasteiger partial charge < -0.3 is 5.32 Å². The van der Waals surface area contributed by atoms with Crippen molar-refractivity contribution in [1.82, 2.24) is 15.0 Å². The third-order valence-corrected chi connectivity index (χ3v) is 4.02. The van der Waals surface area contributed by atoms with Crippen molar-refractivity contribution in [2.24, 2.45) is 0 Å². The second kappa shape index (κ2) is 6.20. The van der Waals surface area contributed by atoms with Gasteiger partial charge in [-0.05, 0) is 18.6 Å². The Morgan fingerprint density at radius 1 is 1.33 bits per heavy atom. The van der Waals surface area contributed by atoms with E-state index in [2.05, 4.69) is 43.8 Å². The van der Waals surface area contributed by atoms with Gasteiger partial charge in [0.2, 0.25) is 0 Å². The van der Waals surface area contributed by atoms with Crippen LogP contribution in [-0.2, 0) is 6.54 Å². The van der Waals surface area contributed by atoms with Gasteiger partial charge in [-0.1, -0.05) is 29.8 Å². The Bertz CT molecular complexity index is 757. The van der Waals surface area contributed by atoms with Crippen molar-refractivity contribution in [3.05, 3.63) is 57.8 Å². The molecule has 0 amide bonds. The van der Waals surface area contributed by atoms with E-state index in [0.717, 1.165) is 21.8 Å². The van der Waals surface area contributed by atoms with Gasteiger partial charge in [0, 0.05) is 17.5 Å². The van der Waals surface area contributed by atoms with Gasteiger partial charge in [0.15, 0.2) is 0 Å². The highest BCUT2D eigenvalue weighted by Gasteiger charge is 2.04. The molecule has 0 unspecified atom stereocenters. The molecule has 0 bridgehead atoms. The van der Waals surface area contributed by atoms with Crippen LogP contribution in [0, 0.1) is 6.92 Å². The molecule has 0 aliphatic heterocycles. The van der Waals surface area contributed by atoms with Crippen LogP contribution in [0.25, 0.3) is 11.3 Å². The zero-order valence-corrected chi connectivity index (χ0v) is 12.9. The topological polar surface area (TPSA) is 50.7 Å². The smallest absolute Gasteiger partial charge is 0.148 e. The van der Waals surface area contributed by atoms with E-state index >= 15 is 0 Å². The zero-order chi connectivity index (χ0) is 14.7. The fourth-order valence-corrected chi connectivity index (χ4v) is 2.76. The first kappa shape index (κ1) is 14.0. The zero-order valence-electron chi connectivity index (χ0n) is 11.4. The van der Waals surface area contributed by atoms with Gasteiger partial charge in [0.1, 0.15) is 17.2 Å². The highest BCUT2D eigenvalue weighted by atomic mass is 35.5. The molecule has 3 rings (SSSR count). The minimum atomic E-state index is 0.517. The number of benzene rings is 1. The van der Waals surface area contributed by atoms with Crippen molar-refractivity contribution in [3.8, 4) is 11.3 Å². The first-order valence-corrected chi connectivity index (χ1v) is 7.69. The van der Waals surface area contributed by atoms with E-state index in [1.807, 2.05) is 13.0 Å². The van der Waals surface area contributed by atoms with Crippen molar-refractivity contribution in [1.29, 1.82) is 0 Å². The van der Waals surface area contributed by atoms with E-state index in [-0.39, 0.29) is 0 Å². The highest BCUT2D eigenvalue weighted by molar-refractivity contribution is 7.09. The summed E-state index contributed by atoms with van der Waals surface area (Å²) in [6.45, 7) is 2.66. The van der Waals surface area contributed by atoms with Crippen molar-refractivity contribution < 1.29 is 0 Å².